The number of methoxy groups -OCH3 is 1. The molecule has 3 N–H and O–H groups in total. The minimum atomic E-state index is -0.606. The standard InChI is InChI=1S/C23H32ClN3O3/c1-13(21(25)19-16(26-3)5-6-17(30-4)20(19)24)7-18(28)27-14-8-22(2)9-15(27)11-23(29,10-14)12-22/h5-6,13-15,25-26,29H,7-12H2,1-4H3. The first-order valence-electron chi connectivity index (χ1n) is 10.8. The lowest BCUT2D eigenvalue weighted by molar-refractivity contribution is -0.193. The number of hydrogen-bond acceptors (Lipinski definition) is 5. The fourth-order valence-corrected chi connectivity index (χ4v) is 6.75. The summed E-state index contributed by atoms with van der Waals surface area (Å²) in [5, 5.41) is 23.2. The topological polar surface area (TPSA) is 85.7 Å². The summed E-state index contributed by atoms with van der Waals surface area (Å²) in [5.41, 5.74) is 1.19. The minimum Gasteiger partial charge on any atom is -0.495 e. The number of nitrogens with one attached hydrogen (secondary N) is 2. The number of rotatable bonds is 6. The Morgan fingerprint density at radius 3 is 2.53 bits per heavy atom. The van der Waals surface area contributed by atoms with E-state index < -0.39 is 5.60 Å². The molecule has 5 rings (SSSR count). The van der Waals surface area contributed by atoms with Gasteiger partial charge in [0.15, 0.2) is 0 Å². The highest BCUT2D eigenvalue weighted by molar-refractivity contribution is 6.36. The van der Waals surface area contributed by atoms with Crippen molar-refractivity contribution in [1.29, 1.82) is 5.41 Å². The Hall–Kier alpha value is -1.79. The highest BCUT2D eigenvalue weighted by Gasteiger charge is 2.59. The average molecular weight is 434 g/mol. The first-order valence-corrected chi connectivity index (χ1v) is 11.1. The van der Waals surface area contributed by atoms with Crippen LogP contribution in [0.3, 0.4) is 0 Å². The molecule has 30 heavy (non-hydrogen) atoms. The van der Waals surface area contributed by atoms with Crippen molar-refractivity contribution >= 4 is 28.9 Å². The van der Waals surface area contributed by atoms with Gasteiger partial charge in [-0.25, -0.2) is 0 Å². The Labute approximate surface area is 183 Å². The number of hydrogen-bond donors (Lipinski definition) is 3. The van der Waals surface area contributed by atoms with Crippen LogP contribution in [0.4, 0.5) is 5.69 Å². The van der Waals surface area contributed by atoms with Crippen LogP contribution in [0.2, 0.25) is 5.02 Å². The number of ether oxygens (including phenoxy) is 1. The number of aliphatic hydroxyl groups is 1. The number of nitrogens with zero attached hydrogens (tertiary/aromatic N) is 1. The Balaban J connectivity index is 1.52. The molecule has 4 aliphatic rings. The minimum absolute atomic E-state index is 0.0817. The van der Waals surface area contributed by atoms with Crippen LogP contribution in [-0.4, -0.2) is 53.5 Å². The van der Waals surface area contributed by atoms with Gasteiger partial charge in [-0.2, -0.15) is 0 Å². The second-order valence-electron chi connectivity index (χ2n) is 9.91. The molecule has 3 unspecified atom stereocenters. The van der Waals surface area contributed by atoms with E-state index in [1.54, 1.807) is 20.2 Å². The van der Waals surface area contributed by atoms with Crippen molar-refractivity contribution in [3.8, 4) is 5.75 Å². The quantitative estimate of drug-likeness (QED) is 0.590. The second-order valence-corrected chi connectivity index (χ2v) is 10.3. The molecule has 0 aromatic heterocycles. The molecule has 164 valence electrons. The first kappa shape index (κ1) is 21.4. The van der Waals surface area contributed by atoms with Gasteiger partial charge in [0.1, 0.15) is 5.75 Å². The van der Waals surface area contributed by atoms with Crippen LogP contribution in [0, 0.1) is 16.7 Å². The number of halogens is 1. The Morgan fingerprint density at radius 2 is 2.00 bits per heavy atom. The monoisotopic (exact) mass is 433 g/mol. The van der Waals surface area contributed by atoms with Crippen LogP contribution in [0.15, 0.2) is 12.1 Å². The number of amides is 1. The highest BCUT2D eigenvalue weighted by atomic mass is 35.5. The van der Waals surface area contributed by atoms with Crippen molar-refractivity contribution in [1.82, 2.24) is 4.90 Å². The van der Waals surface area contributed by atoms with Crippen LogP contribution in [-0.2, 0) is 4.79 Å². The van der Waals surface area contributed by atoms with E-state index in [2.05, 4.69) is 12.2 Å². The fraction of sp³-hybridized carbons (Fsp3) is 0.652. The predicted octanol–water partition coefficient (Wildman–Crippen LogP) is 4.08. The summed E-state index contributed by atoms with van der Waals surface area (Å²) in [6, 6.07) is 3.84. The molecule has 4 fully saturated rings. The van der Waals surface area contributed by atoms with Gasteiger partial charge in [0.05, 0.1) is 17.7 Å². The molecule has 1 aromatic carbocycles. The molecule has 2 saturated heterocycles. The third-order valence-electron chi connectivity index (χ3n) is 7.36. The molecule has 2 aliphatic heterocycles. The lowest BCUT2D eigenvalue weighted by atomic mass is 9.54. The average Bonchev–Trinajstić information content (AvgIpc) is 2.64. The summed E-state index contributed by atoms with van der Waals surface area (Å²) in [6.07, 6.45) is 4.42. The predicted molar refractivity (Wildman–Crippen MR) is 119 cm³/mol. The van der Waals surface area contributed by atoms with E-state index in [0.717, 1.165) is 24.9 Å². The number of benzene rings is 1. The van der Waals surface area contributed by atoms with E-state index in [4.69, 9.17) is 21.7 Å². The molecule has 2 aliphatic carbocycles. The largest absolute Gasteiger partial charge is 0.495 e. The Kier molecular flexibility index (Phi) is 5.30. The highest BCUT2D eigenvalue weighted by Crippen LogP contribution is 2.57. The molecule has 0 radical (unpaired) electrons. The molecule has 3 atom stereocenters. The summed E-state index contributed by atoms with van der Waals surface area (Å²) in [6.45, 7) is 4.15. The van der Waals surface area contributed by atoms with Gasteiger partial charge in [-0.1, -0.05) is 25.4 Å². The van der Waals surface area contributed by atoms with Gasteiger partial charge in [0, 0.05) is 48.4 Å². The Morgan fingerprint density at radius 1 is 1.37 bits per heavy atom. The third kappa shape index (κ3) is 3.48. The molecule has 2 saturated carbocycles. The van der Waals surface area contributed by atoms with Gasteiger partial charge in [-0.05, 0) is 49.7 Å². The van der Waals surface area contributed by atoms with Gasteiger partial charge < -0.3 is 25.5 Å². The van der Waals surface area contributed by atoms with E-state index in [-0.39, 0.29) is 35.7 Å². The number of carbonyl (C=O) groups is 1. The van der Waals surface area contributed by atoms with Crippen LogP contribution in [0.1, 0.15) is 57.9 Å². The summed E-state index contributed by atoms with van der Waals surface area (Å²) >= 11 is 6.52. The summed E-state index contributed by atoms with van der Waals surface area (Å²) in [4.78, 5) is 15.4. The van der Waals surface area contributed by atoms with Crippen molar-refractivity contribution in [2.24, 2.45) is 11.3 Å². The van der Waals surface area contributed by atoms with Crippen molar-refractivity contribution in [2.45, 2.75) is 70.1 Å². The number of piperidine rings is 2. The van der Waals surface area contributed by atoms with E-state index >= 15 is 0 Å². The van der Waals surface area contributed by atoms with E-state index in [9.17, 15) is 9.90 Å². The fourth-order valence-electron chi connectivity index (χ4n) is 6.41. The van der Waals surface area contributed by atoms with Crippen molar-refractivity contribution in [2.75, 3.05) is 19.5 Å². The molecule has 2 heterocycles. The summed E-state index contributed by atoms with van der Waals surface area (Å²) in [7, 11) is 3.34. The van der Waals surface area contributed by atoms with Crippen molar-refractivity contribution < 1.29 is 14.6 Å². The maximum atomic E-state index is 13.3. The molecule has 6 nitrogen and oxygen atoms in total. The van der Waals surface area contributed by atoms with Crippen molar-refractivity contribution in [3.63, 3.8) is 0 Å². The molecule has 1 amide bonds. The molecular weight excluding hydrogens is 402 g/mol. The van der Waals surface area contributed by atoms with Crippen LogP contribution in [0.25, 0.3) is 0 Å². The van der Waals surface area contributed by atoms with Gasteiger partial charge >= 0.3 is 0 Å². The number of carbonyl (C=O) groups excluding carboxylic acids is 1. The van der Waals surface area contributed by atoms with Gasteiger partial charge in [-0.15, -0.1) is 0 Å². The van der Waals surface area contributed by atoms with E-state index in [0.29, 0.717) is 34.9 Å². The summed E-state index contributed by atoms with van der Waals surface area (Å²) < 4.78 is 5.32. The summed E-state index contributed by atoms with van der Waals surface area (Å²) in [5.74, 6) is 0.309. The molecule has 4 bridgehead atoms. The third-order valence-corrected chi connectivity index (χ3v) is 7.73. The van der Waals surface area contributed by atoms with E-state index in [1.165, 1.54) is 0 Å². The van der Waals surface area contributed by atoms with Gasteiger partial charge in [-0.3, -0.25) is 4.79 Å². The lowest BCUT2D eigenvalue weighted by Crippen LogP contribution is -2.68. The zero-order valence-corrected chi connectivity index (χ0v) is 19.0. The number of anilines is 1. The van der Waals surface area contributed by atoms with Crippen LogP contribution < -0.4 is 10.1 Å². The zero-order valence-electron chi connectivity index (χ0n) is 18.2. The molecule has 1 aromatic rings. The normalized spacial score (nSPS) is 32.8. The van der Waals surface area contributed by atoms with E-state index in [1.807, 2.05) is 17.9 Å². The molecule has 0 spiro atoms. The zero-order chi connectivity index (χ0) is 21.8. The SMILES string of the molecule is CNc1ccc(OC)c(Cl)c1C(=N)C(C)CC(=O)N1C2CC3(C)CC1CC(O)(C2)C3. The van der Waals surface area contributed by atoms with Gasteiger partial charge in [0.2, 0.25) is 5.91 Å². The first-order chi connectivity index (χ1) is 14.1. The van der Waals surface area contributed by atoms with Crippen LogP contribution in [0.5, 0.6) is 5.75 Å². The van der Waals surface area contributed by atoms with Crippen molar-refractivity contribution in [3.05, 3.63) is 22.7 Å². The lowest BCUT2D eigenvalue weighted by Gasteiger charge is -2.63. The second kappa shape index (κ2) is 7.41. The van der Waals surface area contributed by atoms with Crippen LogP contribution >= 0.6 is 11.6 Å². The Bertz CT molecular complexity index is 851. The van der Waals surface area contributed by atoms with Gasteiger partial charge in [0.25, 0.3) is 0 Å². The molecule has 7 heteroatoms. The molecular formula is C23H32ClN3O3. The maximum absolute atomic E-state index is 13.3. The smallest absolute Gasteiger partial charge is 0.223 e. The maximum Gasteiger partial charge on any atom is 0.223 e.